The summed E-state index contributed by atoms with van der Waals surface area (Å²) in [5, 5.41) is 29.6. The second-order valence-corrected chi connectivity index (χ2v) is 16.5. The molecule has 0 saturated carbocycles. The van der Waals surface area contributed by atoms with Gasteiger partial charge in [0.25, 0.3) is 0 Å². The molecular weight excluding hydrogens is 989 g/mol. The summed E-state index contributed by atoms with van der Waals surface area (Å²) in [7, 11) is -2.96. The van der Waals surface area contributed by atoms with Crippen LogP contribution >= 0.6 is 0 Å². The van der Waals surface area contributed by atoms with Crippen molar-refractivity contribution >= 4 is 14.2 Å². The first-order valence-corrected chi connectivity index (χ1v) is 22.7. The summed E-state index contributed by atoms with van der Waals surface area (Å²) < 4.78 is 11.9. The number of nitrogens with zero attached hydrogens (tertiary/aromatic N) is 12. The number of hydrogen-bond donors (Lipinski definition) is 0. The van der Waals surface area contributed by atoms with E-state index in [1.807, 2.05) is 210 Å². The van der Waals surface area contributed by atoms with Gasteiger partial charge in [0.2, 0.25) is 0 Å². The van der Waals surface area contributed by atoms with Gasteiger partial charge < -0.3 is 27.6 Å². The Hall–Kier alpha value is -7.95. The molecule has 0 aliphatic carbocycles. The molecule has 69 heavy (non-hydrogen) atoms. The largest absolute Gasteiger partial charge is 0.402 e. The summed E-state index contributed by atoms with van der Waals surface area (Å²) >= 11 is 0. The first kappa shape index (κ1) is 44.9. The van der Waals surface area contributed by atoms with Crippen LogP contribution in [0.5, 0.6) is 0 Å². The Bertz CT molecular complexity index is 2880. The molecule has 0 radical (unpaired) electrons. The fourth-order valence-electron chi connectivity index (χ4n) is 8.58. The minimum absolute atomic E-state index is 0. The van der Waals surface area contributed by atoms with Gasteiger partial charge in [-0.05, 0) is 73.6 Å². The maximum atomic E-state index is 4.93. The molecule has 0 N–H and O–H groups in total. The van der Waals surface area contributed by atoms with Crippen LogP contribution in [0.4, 0.5) is 0 Å². The Labute approximate surface area is 432 Å². The van der Waals surface area contributed by atoms with E-state index in [-0.39, 0.29) is 40.4 Å². The Morgan fingerprint density at radius 2 is 0.348 bits per heavy atom. The Kier molecular flexibility index (Phi) is 13.6. The van der Waals surface area contributed by atoms with Gasteiger partial charge >= 0.3 is 14.2 Å². The predicted molar refractivity (Wildman–Crippen MR) is 273 cm³/mol. The molecule has 0 aliphatic heterocycles. The SMILES string of the molecule is [Sm].c1ccc(-c2ccn([BH-](n3ccc(-c4ccccc4)n3)n3ccc(-c4ccccc4)n3)n2)cc1.c1ccc(-c2ccn([BH-](n3ccc(-c4ccccc4)n3)n3ccc(-c4ccccc4)n3)n2)cc1. The molecule has 0 atom stereocenters. The average molecular weight is 1030 g/mol. The molecule has 6 heterocycles. The standard InChI is InChI=1S/2C27H22BN6.Sm/c2*1-4-10-22(11-5-1)25-16-19-32(29-25)28(33-20-17-26(30-33)23-12-6-2-7-13-23)34-21-18-27(31-34)24-14-8-3-9-15-24;/h2*1-21,28H;/q2*-1;. The number of hydrogen-bond acceptors (Lipinski definition) is 6. The molecule has 0 bridgehead atoms. The molecule has 0 aliphatic rings. The van der Waals surface area contributed by atoms with E-state index in [4.69, 9.17) is 30.6 Å². The first-order chi connectivity index (χ1) is 33.7. The molecule has 15 heteroatoms. The average Bonchev–Trinajstić information content (AvgIpc) is 4.29. The molecule has 0 fully saturated rings. The van der Waals surface area contributed by atoms with E-state index in [0.717, 1.165) is 67.5 Å². The van der Waals surface area contributed by atoms with Gasteiger partial charge in [0.1, 0.15) is 0 Å². The van der Waals surface area contributed by atoms with E-state index in [1.54, 1.807) is 0 Å². The molecular formula is C54H44B2N12Sm-2. The molecule has 0 saturated heterocycles. The van der Waals surface area contributed by atoms with Crippen LogP contribution in [-0.2, 0) is 0 Å². The maximum Gasteiger partial charge on any atom is 0.326 e. The van der Waals surface area contributed by atoms with Crippen LogP contribution in [0.1, 0.15) is 0 Å². The third-order valence-electron chi connectivity index (χ3n) is 12.0. The molecule has 0 amide bonds. The molecule has 6 aromatic heterocycles. The van der Waals surface area contributed by atoms with Gasteiger partial charge in [-0.1, -0.05) is 182 Å². The topological polar surface area (TPSA) is 107 Å². The molecule has 334 valence electrons. The molecule has 12 aromatic rings. The third kappa shape index (κ3) is 10.0. The minimum Gasteiger partial charge on any atom is -0.402 e. The van der Waals surface area contributed by atoms with Crippen molar-refractivity contribution in [2.45, 2.75) is 0 Å². The van der Waals surface area contributed by atoms with Gasteiger partial charge in [-0.2, -0.15) is 0 Å². The van der Waals surface area contributed by atoms with Crippen molar-refractivity contribution in [3.05, 3.63) is 256 Å². The first-order valence-electron chi connectivity index (χ1n) is 22.7. The zero-order valence-electron chi connectivity index (χ0n) is 37.4. The molecule has 12 nitrogen and oxygen atoms in total. The summed E-state index contributed by atoms with van der Waals surface area (Å²) in [5.41, 5.74) is 12.0. The summed E-state index contributed by atoms with van der Waals surface area (Å²) in [4.78, 5) is 0. The smallest absolute Gasteiger partial charge is 0.326 e. The van der Waals surface area contributed by atoms with Crippen LogP contribution < -0.4 is 0 Å². The number of rotatable bonds is 12. The van der Waals surface area contributed by atoms with Crippen LogP contribution in [0.25, 0.3) is 67.5 Å². The second kappa shape index (κ2) is 20.9. The van der Waals surface area contributed by atoms with E-state index < -0.39 is 14.2 Å². The van der Waals surface area contributed by atoms with E-state index in [0.29, 0.717) is 0 Å². The fourth-order valence-corrected chi connectivity index (χ4v) is 8.58. The van der Waals surface area contributed by atoms with Gasteiger partial charge in [-0.15, -0.1) is 0 Å². The van der Waals surface area contributed by atoms with Crippen molar-refractivity contribution in [3.63, 3.8) is 0 Å². The molecule has 0 unspecified atom stereocenters. The van der Waals surface area contributed by atoms with Gasteiger partial charge in [0.15, 0.2) is 0 Å². The third-order valence-corrected chi connectivity index (χ3v) is 12.0. The van der Waals surface area contributed by atoms with Crippen molar-refractivity contribution < 1.29 is 40.4 Å². The quantitative estimate of drug-likeness (QED) is 0.113. The van der Waals surface area contributed by atoms with E-state index >= 15 is 0 Å². The Morgan fingerprint density at radius 1 is 0.203 bits per heavy atom. The Balaban J connectivity index is 0.000000158. The van der Waals surface area contributed by atoms with E-state index in [2.05, 4.69) is 72.8 Å². The van der Waals surface area contributed by atoms with Gasteiger partial charge in [0.05, 0.1) is 34.2 Å². The van der Waals surface area contributed by atoms with Crippen molar-refractivity contribution in [2.24, 2.45) is 0 Å². The van der Waals surface area contributed by atoms with Crippen molar-refractivity contribution in [3.8, 4) is 67.5 Å². The summed E-state index contributed by atoms with van der Waals surface area (Å²) in [6.45, 7) is 0. The fraction of sp³-hybridized carbons (Fsp3) is 0. The van der Waals surface area contributed by atoms with Crippen molar-refractivity contribution in [2.75, 3.05) is 0 Å². The van der Waals surface area contributed by atoms with E-state index in [9.17, 15) is 0 Å². The zero-order chi connectivity index (χ0) is 45.5. The van der Waals surface area contributed by atoms with E-state index in [1.165, 1.54) is 0 Å². The maximum absolute atomic E-state index is 4.93. The summed E-state index contributed by atoms with van der Waals surface area (Å²) in [6.07, 6.45) is 12.1. The number of benzene rings is 6. The zero-order valence-corrected chi connectivity index (χ0v) is 40.1. The summed E-state index contributed by atoms with van der Waals surface area (Å²) in [5.74, 6) is 0. The van der Waals surface area contributed by atoms with Gasteiger partial charge in [-0.3, -0.25) is 0 Å². The van der Waals surface area contributed by atoms with Crippen LogP contribution in [0, 0.1) is 40.4 Å². The van der Waals surface area contributed by atoms with Crippen molar-refractivity contribution in [1.29, 1.82) is 0 Å². The summed E-state index contributed by atoms with van der Waals surface area (Å²) in [6, 6.07) is 73.5. The second-order valence-electron chi connectivity index (χ2n) is 16.5. The normalized spacial score (nSPS) is 11.0. The van der Waals surface area contributed by atoms with Gasteiger partial charge in [-0.25, -0.2) is 30.6 Å². The Morgan fingerprint density at radius 3 is 0.493 bits per heavy atom. The van der Waals surface area contributed by atoms with Crippen LogP contribution in [0.3, 0.4) is 0 Å². The van der Waals surface area contributed by atoms with Crippen LogP contribution in [0.2, 0.25) is 0 Å². The van der Waals surface area contributed by atoms with Crippen LogP contribution in [-0.4, -0.2) is 72.4 Å². The molecule has 0 spiro atoms. The minimum atomic E-state index is -1.48. The molecule has 12 rings (SSSR count). The number of aromatic nitrogens is 12. The van der Waals surface area contributed by atoms with Crippen LogP contribution in [0.15, 0.2) is 256 Å². The van der Waals surface area contributed by atoms with Gasteiger partial charge in [0, 0.05) is 73.8 Å². The monoisotopic (exact) mass is 1030 g/mol. The molecule has 6 aromatic carbocycles. The predicted octanol–water partition coefficient (Wildman–Crippen LogP) is 9.88. The van der Waals surface area contributed by atoms with Crippen molar-refractivity contribution in [1.82, 2.24) is 58.1 Å².